The van der Waals surface area contributed by atoms with Gasteiger partial charge in [-0.1, -0.05) is 13.8 Å². The van der Waals surface area contributed by atoms with Gasteiger partial charge in [0.05, 0.1) is 25.2 Å². The van der Waals surface area contributed by atoms with Gasteiger partial charge in [-0.15, -0.1) is 0 Å². The highest BCUT2D eigenvalue weighted by atomic mass is 16.5. The molecule has 2 atom stereocenters. The summed E-state index contributed by atoms with van der Waals surface area (Å²) in [6, 6.07) is 0. The second kappa shape index (κ2) is 10.2. The number of aliphatic hydroxyl groups is 2. The van der Waals surface area contributed by atoms with Crippen molar-refractivity contribution in [3.8, 4) is 5.75 Å². The SMILES string of the molecule is CCOC(=O)CC(O)CC(O)CCc1c2c(c(C)c(N(C)C)c1C(C)C)CC(C)(C)O2. The van der Waals surface area contributed by atoms with Crippen LogP contribution < -0.4 is 9.64 Å². The van der Waals surface area contributed by atoms with Crippen molar-refractivity contribution in [1.82, 2.24) is 0 Å². The van der Waals surface area contributed by atoms with Crippen LogP contribution in [0.4, 0.5) is 5.69 Å². The molecule has 2 N–H and O–H groups in total. The van der Waals surface area contributed by atoms with Crippen LogP contribution in [0.2, 0.25) is 0 Å². The van der Waals surface area contributed by atoms with E-state index in [4.69, 9.17) is 9.47 Å². The molecular weight excluding hydrogens is 394 g/mol. The van der Waals surface area contributed by atoms with E-state index in [1.807, 2.05) is 0 Å². The zero-order valence-corrected chi connectivity index (χ0v) is 20.5. The van der Waals surface area contributed by atoms with Gasteiger partial charge in [0.15, 0.2) is 0 Å². The van der Waals surface area contributed by atoms with Crippen LogP contribution in [0.3, 0.4) is 0 Å². The monoisotopic (exact) mass is 435 g/mol. The summed E-state index contributed by atoms with van der Waals surface area (Å²) >= 11 is 0. The number of benzene rings is 1. The van der Waals surface area contributed by atoms with Crippen molar-refractivity contribution in [3.63, 3.8) is 0 Å². The normalized spacial score (nSPS) is 16.6. The van der Waals surface area contributed by atoms with Crippen LogP contribution in [0.25, 0.3) is 0 Å². The fraction of sp³-hybridized carbons (Fsp3) is 0.720. The summed E-state index contributed by atoms with van der Waals surface area (Å²) in [5, 5.41) is 20.7. The summed E-state index contributed by atoms with van der Waals surface area (Å²) in [7, 11) is 4.15. The number of carbonyl (C=O) groups is 1. The molecule has 6 heteroatoms. The second-order valence-corrected chi connectivity index (χ2v) is 9.85. The van der Waals surface area contributed by atoms with Crippen molar-refractivity contribution >= 4 is 11.7 Å². The van der Waals surface area contributed by atoms with Crippen molar-refractivity contribution in [1.29, 1.82) is 0 Å². The first-order chi connectivity index (χ1) is 14.4. The molecule has 0 saturated heterocycles. The van der Waals surface area contributed by atoms with Gasteiger partial charge >= 0.3 is 5.97 Å². The van der Waals surface area contributed by atoms with Crippen molar-refractivity contribution in [2.24, 2.45) is 0 Å². The van der Waals surface area contributed by atoms with E-state index >= 15 is 0 Å². The molecule has 0 fully saturated rings. The number of anilines is 1. The topological polar surface area (TPSA) is 79.2 Å². The number of esters is 1. The van der Waals surface area contributed by atoms with Gasteiger partial charge in [0.2, 0.25) is 0 Å². The molecule has 2 unspecified atom stereocenters. The molecule has 0 amide bonds. The quantitative estimate of drug-likeness (QED) is 0.543. The highest BCUT2D eigenvalue weighted by Gasteiger charge is 2.36. The van der Waals surface area contributed by atoms with E-state index in [2.05, 4.69) is 53.6 Å². The van der Waals surface area contributed by atoms with Crippen LogP contribution in [0.15, 0.2) is 0 Å². The lowest BCUT2D eigenvalue weighted by molar-refractivity contribution is -0.145. The Kier molecular flexibility index (Phi) is 8.40. The summed E-state index contributed by atoms with van der Waals surface area (Å²) in [5.74, 6) is 0.832. The van der Waals surface area contributed by atoms with Crippen LogP contribution in [0, 0.1) is 6.92 Å². The minimum Gasteiger partial charge on any atom is -0.487 e. The highest BCUT2D eigenvalue weighted by molar-refractivity contribution is 5.71. The molecule has 1 aromatic carbocycles. The lowest BCUT2D eigenvalue weighted by Crippen LogP contribution is -2.25. The molecule has 0 radical (unpaired) electrons. The van der Waals surface area contributed by atoms with Crippen LogP contribution in [0.1, 0.15) is 82.1 Å². The maximum absolute atomic E-state index is 11.6. The van der Waals surface area contributed by atoms with Crippen molar-refractivity contribution in [3.05, 3.63) is 22.3 Å². The molecule has 1 aliphatic rings. The van der Waals surface area contributed by atoms with Gasteiger partial charge in [0.1, 0.15) is 11.4 Å². The average molecular weight is 436 g/mol. The number of rotatable bonds is 10. The summed E-state index contributed by atoms with van der Waals surface area (Å²) < 4.78 is 11.3. The van der Waals surface area contributed by atoms with E-state index in [0.29, 0.717) is 18.8 Å². The van der Waals surface area contributed by atoms with Crippen LogP contribution in [-0.4, -0.2) is 54.7 Å². The molecule has 176 valence electrons. The average Bonchev–Trinajstić information content (AvgIpc) is 2.95. The van der Waals surface area contributed by atoms with Gasteiger partial charge in [-0.2, -0.15) is 0 Å². The molecule has 1 aromatic rings. The first kappa shape index (κ1) is 25.5. The molecule has 0 bridgehead atoms. The summed E-state index contributed by atoms with van der Waals surface area (Å²) in [6.07, 6.45) is 0.447. The lowest BCUT2D eigenvalue weighted by Gasteiger charge is -2.28. The molecule has 0 saturated carbocycles. The first-order valence-corrected chi connectivity index (χ1v) is 11.4. The van der Waals surface area contributed by atoms with E-state index in [-0.39, 0.29) is 25.0 Å². The first-order valence-electron chi connectivity index (χ1n) is 11.4. The van der Waals surface area contributed by atoms with Crippen molar-refractivity contribution < 1.29 is 24.5 Å². The third-order valence-electron chi connectivity index (χ3n) is 5.92. The minimum atomic E-state index is -0.908. The van der Waals surface area contributed by atoms with E-state index in [1.54, 1.807) is 6.92 Å². The predicted octanol–water partition coefficient (Wildman–Crippen LogP) is 3.90. The van der Waals surface area contributed by atoms with Crippen LogP contribution in [-0.2, 0) is 22.4 Å². The van der Waals surface area contributed by atoms with Gasteiger partial charge in [-0.25, -0.2) is 0 Å². The Morgan fingerprint density at radius 1 is 1.23 bits per heavy atom. The molecule has 31 heavy (non-hydrogen) atoms. The standard InChI is InChI=1S/C25H41NO5/c1-9-30-21(29)13-18(28)12-17(27)10-11-19-22(15(2)3)23(26(7)8)16(4)20-14-25(5,6)31-24(19)20/h15,17-18,27-28H,9-14H2,1-8H3. The zero-order chi connectivity index (χ0) is 23.5. The van der Waals surface area contributed by atoms with Gasteiger partial charge in [0.25, 0.3) is 0 Å². The highest BCUT2D eigenvalue weighted by Crippen LogP contribution is 2.48. The molecule has 0 aliphatic carbocycles. The molecule has 6 nitrogen and oxygen atoms in total. The largest absolute Gasteiger partial charge is 0.487 e. The van der Waals surface area contributed by atoms with Crippen molar-refractivity contribution in [2.75, 3.05) is 25.6 Å². The van der Waals surface area contributed by atoms with E-state index in [9.17, 15) is 15.0 Å². The number of hydrogen-bond donors (Lipinski definition) is 2. The number of aliphatic hydroxyl groups excluding tert-OH is 2. The Morgan fingerprint density at radius 3 is 2.42 bits per heavy atom. The third kappa shape index (κ3) is 6.13. The van der Waals surface area contributed by atoms with Gasteiger partial charge < -0.3 is 24.6 Å². The smallest absolute Gasteiger partial charge is 0.308 e. The number of fused-ring (bicyclic) bond motifs is 1. The Morgan fingerprint density at radius 2 is 1.87 bits per heavy atom. The van der Waals surface area contributed by atoms with Crippen LogP contribution >= 0.6 is 0 Å². The molecular formula is C25H41NO5. The van der Waals surface area contributed by atoms with Crippen molar-refractivity contribution in [2.45, 2.75) is 97.4 Å². The predicted molar refractivity (Wildman–Crippen MR) is 124 cm³/mol. The van der Waals surface area contributed by atoms with Gasteiger partial charge in [-0.05, 0) is 64.0 Å². The fourth-order valence-corrected chi connectivity index (χ4v) is 4.72. The number of hydrogen-bond acceptors (Lipinski definition) is 6. The van der Waals surface area contributed by atoms with E-state index in [0.717, 1.165) is 17.7 Å². The van der Waals surface area contributed by atoms with Gasteiger partial charge in [0, 0.05) is 37.3 Å². The Labute approximate surface area is 187 Å². The minimum absolute atomic E-state index is 0.0931. The number of nitrogens with zero attached hydrogens (tertiary/aromatic N) is 1. The van der Waals surface area contributed by atoms with E-state index in [1.165, 1.54) is 22.4 Å². The summed E-state index contributed by atoms with van der Waals surface area (Å²) in [6.45, 7) is 12.8. The molecule has 1 heterocycles. The zero-order valence-electron chi connectivity index (χ0n) is 20.5. The molecule has 0 aromatic heterocycles. The summed E-state index contributed by atoms with van der Waals surface area (Å²) in [4.78, 5) is 13.8. The molecule has 1 aliphatic heterocycles. The van der Waals surface area contributed by atoms with Gasteiger partial charge in [-0.3, -0.25) is 4.79 Å². The number of carbonyl (C=O) groups excluding carboxylic acids is 1. The second-order valence-electron chi connectivity index (χ2n) is 9.85. The van der Waals surface area contributed by atoms with Crippen LogP contribution in [0.5, 0.6) is 5.75 Å². The maximum atomic E-state index is 11.6. The summed E-state index contributed by atoms with van der Waals surface area (Å²) in [5.41, 5.74) is 5.92. The third-order valence-corrected chi connectivity index (χ3v) is 5.92. The molecule has 2 rings (SSSR count). The molecule has 0 spiro atoms. The fourth-order valence-electron chi connectivity index (χ4n) is 4.72. The van der Waals surface area contributed by atoms with E-state index < -0.39 is 18.2 Å². The number of ether oxygens (including phenoxy) is 2. The maximum Gasteiger partial charge on any atom is 0.308 e. The Balaban J connectivity index is 2.29. The lowest BCUT2D eigenvalue weighted by atomic mass is 9.84. The Bertz CT molecular complexity index is 785. The Hall–Kier alpha value is -1.79.